The zero-order chi connectivity index (χ0) is 35.7. The maximum absolute atomic E-state index is 14.4. The molecule has 15 heteroatoms. The Morgan fingerprint density at radius 1 is 0.979 bits per heavy atom. The van der Waals surface area contributed by atoms with E-state index in [1.54, 1.807) is 0 Å². The number of nitrogens with one attached hydrogen (secondary N) is 4. The van der Waals surface area contributed by atoms with E-state index in [2.05, 4.69) is 35.1 Å². The smallest absolute Gasteiger partial charge is 0.315 e. The molecule has 0 spiro atoms. The SMILES string of the molecule is CC[C@@H]1C[C@@]1(NC(=O)[C@@H]1[C@@H]2[C@H](CN1C(=O)[C@@H](NC(=O)N[C@H](CN(C)S(C)(=O)=O)C(C)(C)C)C(C)(C)C)C2(C)C)C(=O)C(=O)NC1CC1.S. The van der Waals surface area contributed by atoms with Crippen molar-refractivity contribution in [3.8, 4) is 0 Å². The molecule has 7 atom stereocenters. The molecule has 1 heterocycles. The number of hydrogen-bond acceptors (Lipinski definition) is 7. The van der Waals surface area contributed by atoms with Gasteiger partial charge in [0.2, 0.25) is 27.6 Å². The molecule has 0 aromatic carbocycles. The van der Waals surface area contributed by atoms with Gasteiger partial charge in [0.15, 0.2) is 0 Å². The number of likely N-dealkylation sites (tertiary alicyclic amines) is 1. The van der Waals surface area contributed by atoms with Crippen LogP contribution in [0.1, 0.15) is 88.0 Å². The number of carbonyl (C=O) groups is 5. The molecule has 0 aromatic rings. The standard InChI is InChI=1S/C33H56N6O7S.H2S/c1-12-18-15-33(18,25(40)27(42)34-19-13-14-19)37-26(41)23-22-20(32(22,8)9)16-39(23)28(43)24(31(5,6)7)36-29(44)35-21(30(2,3)4)17-38(10)47(11,45)46;/h18-24H,12-17H2,1-11H3,(H,34,42)(H,37,41)(H2,35,36,44);1H2/t18-,20+,21-,22+,23+,24-,33+;/m1./s1. The molecule has 0 aromatic heterocycles. The van der Waals surface area contributed by atoms with Crippen LogP contribution in [0.25, 0.3) is 0 Å². The molecule has 0 bridgehead atoms. The maximum atomic E-state index is 14.4. The van der Waals surface area contributed by atoms with Gasteiger partial charge in [-0.25, -0.2) is 17.5 Å². The van der Waals surface area contributed by atoms with Gasteiger partial charge in [0.25, 0.3) is 5.91 Å². The molecule has 13 nitrogen and oxygen atoms in total. The van der Waals surface area contributed by atoms with Gasteiger partial charge in [-0.2, -0.15) is 13.5 Å². The third-order valence-corrected chi connectivity index (χ3v) is 12.3. The number of carbonyl (C=O) groups excluding carboxylic acids is 5. The molecule has 4 N–H and O–H groups in total. The fourth-order valence-electron chi connectivity index (χ4n) is 7.17. The van der Waals surface area contributed by atoms with Gasteiger partial charge >= 0.3 is 6.03 Å². The molecule has 3 saturated carbocycles. The number of Topliss-reactive ketones (excluding diaryl/α,β-unsaturated/α-hetero) is 1. The summed E-state index contributed by atoms with van der Waals surface area (Å²) in [5, 5.41) is 11.4. The molecule has 1 saturated heterocycles. The first-order valence-electron chi connectivity index (χ1n) is 16.8. The van der Waals surface area contributed by atoms with Crippen LogP contribution in [0.3, 0.4) is 0 Å². The van der Waals surface area contributed by atoms with Gasteiger partial charge in [0.1, 0.15) is 17.6 Å². The van der Waals surface area contributed by atoms with Crippen molar-refractivity contribution in [2.45, 2.75) is 118 Å². The number of rotatable bonds is 12. The minimum absolute atomic E-state index is 0. The first-order valence-corrected chi connectivity index (χ1v) is 18.7. The minimum Gasteiger partial charge on any atom is -0.347 e. The van der Waals surface area contributed by atoms with Crippen LogP contribution < -0.4 is 21.3 Å². The van der Waals surface area contributed by atoms with E-state index in [0.717, 1.165) is 19.1 Å². The predicted molar refractivity (Wildman–Crippen MR) is 188 cm³/mol. The Kier molecular flexibility index (Phi) is 11.2. The van der Waals surface area contributed by atoms with Crippen molar-refractivity contribution >= 4 is 53.1 Å². The highest BCUT2D eigenvalue weighted by Gasteiger charge is 2.71. The predicted octanol–water partition coefficient (Wildman–Crippen LogP) is 1.73. The molecule has 4 rings (SSSR count). The van der Waals surface area contributed by atoms with E-state index in [-0.39, 0.29) is 49.3 Å². The zero-order valence-corrected chi connectivity index (χ0v) is 32.3. The third-order valence-electron chi connectivity index (χ3n) is 11.0. The van der Waals surface area contributed by atoms with Gasteiger partial charge < -0.3 is 26.2 Å². The molecule has 0 unspecified atom stereocenters. The number of fused-ring (bicyclic) bond motifs is 1. The number of hydrogen-bond donors (Lipinski definition) is 4. The molecule has 274 valence electrons. The van der Waals surface area contributed by atoms with Crippen LogP contribution >= 0.6 is 13.5 Å². The van der Waals surface area contributed by atoms with Gasteiger partial charge in [0, 0.05) is 32.2 Å². The highest BCUT2D eigenvalue weighted by molar-refractivity contribution is 7.88. The molecular formula is C33H58N6O7S2. The first kappa shape index (κ1) is 40.0. The monoisotopic (exact) mass is 714 g/mol. The van der Waals surface area contributed by atoms with Crippen LogP contribution in [0.4, 0.5) is 4.79 Å². The lowest BCUT2D eigenvalue weighted by molar-refractivity contribution is -0.146. The third kappa shape index (κ3) is 8.14. The number of piperidine rings is 1. The molecule has 5 amide bonds. The molecule has 48 heavy (non-hydrogen) atoms. The summed E-state index contributed by atoms with van der Waals surface area (Å²) >= 11 is 0. The van der Waals surface area contributed by atoms with Gasteiger partial charge in [-0.15, -0.1) is 0 Å². The van der Waals surface area contributed by atoms with Gasteiger partial charge in [-0.1, -0.05) is 68.7 Å². The van der Waals surface area contributed by atoms with Crippen molar-refractivity contribution in [3.05, 3.63) is 0 Å². The Hall–Kier alpha value is -2.39. The Balaban J connectivity index is 0.00000625. The van der Waals surface area contributed by atoms with Crippen LogP contribution in [0.15, 0.2) is 0 Å². The molecule has 4 aliphatic rings. The number of likely N-dealkylation sites (N-methyl/N-ethyl adjacent to an activating group) is 1. The van der Waals surface area contributed by atoms with Gasteiger partial charge in [-0.3, -0.25) is 19.2 Å². The van der Waals surface area contributed by atoms with Crippen LogP contribution in [-0.4, -0.2) is 103 Å². The number of ketones is 1. The lowest BCUT2D eigenvalue weighted by Gasteiger charge is -2.39. The highest BCUT2D eigenvalue weighted by Crippen LogP contribution is 2.65. The summed E-state index contributed by atoms with van der Waals surface area (Å²) in [6.45, 7) is 17.5. The normalized spacial score (nSPS) is 28.7. The van der Waals surface area contributed by atoms with E-state index in [9.17, 15) is 32.4 Å². The lowest BCUT2D eigenvalue weighted by Crippen LogP contribution is -2.63. The van der Waals surface area contributed by atoms with Crippen molar-refractivity contribution in [2.75, 3.05) is 26.4 Å². The van der Waals surface area contributed by atoms with E-state index >= 15 is 0 Å². The second-order valence-corrected chi connectivity index (χ2v) is 19.2. The van der Waals surface area contributed by atoms with Crippen molar-refractivity contribution in [1.82, 2.24) is 30.5 Å². The second-order valence-electron chi connectivity index (χ2n) is 17.1. The Bertz CT molecular complexity index is 1420. The summed E-state index contributed by atoms with van der Waals surface area (Å²) in [6, 6.07) is -3.08. The van der Waals surface area contributed by atoms with Gasteiger partial charge in [0.05, 0.1) is 6.26 Å². The average molecular weight is 715 g/mol. The van der Waals surface area contributed by atoms with Crippen molar-refractivity contribution in [1.29, 1.82) is 0 Å². The number of sulfonamides is 1. The summed E-state index contributed by atoms with van der Waals surface area (Å²) < 4.78 is 25.4. The summed E-state index contributed by atoms with van der Waals surface area (Å²) in [5.74, 6) is -2.40. The fraction of sp³-hybridized carbons (Fsp3) is 0.848. The minimum atomic E-state index is -3.50. The van der Waals surface area contributed by atoms with E-state index in [0.29, 0.717) is 19.4 Å². The van der Waals surface area contributed by atoms with E-state index in [1.807, 2.05) is 48.5 Å². The lowest BCUT2D eigenvalue weighted by atomic mass is 9.85. The molecule has 0 radical (unpaired) electrons. The second kappa shape index (κ2) is 13.4. The summed E-state index contributed by atoms with van der Waals surface area (Å²) in [7, 11) is -2.05. The highest BCUT2D eigenvalue weighted by atomic mass is 32.2. The van der Waals surface area contributed by atoms with E-state index < -0.39 is 74.1 Å². The topological polar surface area (TPSA) is 174 Å². The van der Waals surface area contributed by atoms with Crippen LogP contribution in [0.2, 0.25) is 0 Å². The molecular weight excluding hydrogens is 657 g/mol. The van der Waals surface area contributed by atoms with Crippen LogP contribution in [-0.2, 0) is 29.2 Å². The Labute approximate surface area is 293 Å². The van der Waals surface area contributed by atoms with Gasteiger partial charge in [-0.05, 0) is 53.3 Å². The molecule has 3 aliphatic carbocycles. The number of nitrogens with zero attached hydrogens (tertiary/aromatic N) is 2. The zero-order valence-electron chi connectivity index (χ0n) is 30.4. The van der Waals surface area contributed by atoms with Crippen molar-refractivity contribution in [3.63, 3.8) is 0 Å². The quantitative estimate of drug-likeness (QED) is 0.223. The fourth-order valence-corrected chi connectivity index (χ4v) is 7.59. The summed E-state index contributed by atoms with van der Waals surface area (Å²) in [5.41, 5.74) is -2.73. The largest absolute Gasteiger partial charge is 0.347 e. The van der Waals surface area contributed by atoms with Crippen LogP contribution in [0, 0.1) is 34.0 Å². The first-order chi connectivity index (χ1) is 21.4. The maximum Gasteiger partial charge on any atom is 0.315 e. The average Bonchev–Trinajstić information content (AvgIpc) is 3.88. The number of urea groups is 1. The van der Waals surface area contributed by atoms with Crippen molar-refractivity contribution in [2.24, 2.45) is 34.0 Å². The summed E-state index contributed by atoms with van der Waals surface area (Å²) in [4.78, 5) is 69.7. The van der Waals surface area contributed by atoms with E-state index in [1.165, 1.54) is 16.3 Å². The Morgan fingerprint density at radius 2 is 1.56 bits per heavy atom. The summed E-state index contributed by atoms with van der Waals surface area (Å²) in [6.07, 6.45) is 3.76. The van der Waals surface area contributed by atoms with E-state index in [4.69, 9.17) is 0 Å². The molecule has 1 aliphatic heterocycles. The Morgan fingerprint density at radius 3 is 2.02 bits per heavy atom. The van der Waals surface area contributed by atoms with Crippen LogP contribution in [0.5, 0.6) is 0 Å². The van der Waals surface area contributed by atoms with Crippen molar-refractivity contribution < 1.29 is 32.4 Å². The number of amides is 5. The molecule has 4 fully saturated rings.